The van der Waals surface area contributed by atoms with Crippen LogP contribution in [0.2, 0.25) is 0 Å². The number of halogens is 1. The van der Waals surface area contributed by atoms with E-state index in [4.69, 9.17) is 9.98 Å². The summed E-state index contributed by atoms with van der Waals surface area (Å²) in [5.74, 6) is 2.95. The molecule has 2 aliphatic heterocycles. The Kier molecular flexibility index (Phi) is 5.94. The molecule has 1 saturated carbocycles. The van der Waals surface area contributed by atoms with Gasteiger partial charge in [0.05, 0.1) is 19.1 Å². The molecule has 33 heavy (non-hydrogen) atoms. The van der Waals surface area contributed by atoms with Gasteiger partial charge < -0.3 is 4.98 Å². The van der Waals surface area contributed by atoms with Gasteiger partial charge in [-0.15, -0.1) is 12.4 Å². The molecule has 2 amide bonds. The highest BCUT2D eigenvalue weighted by Crippen LogP contribution is 2.38. The Morgan fingerprint density at radius 3 is 2.30 bits per heavy atom. The van der Waals surface area contributed by atoms with Crippen LogP contribution in [0.25, 0.3) is 0 Å². The van der Waals surface area contributed by atoms with Crippen LogP contribution >= 0.6 is 12.4 Å². The van der Waals surface area contributed by atoms with Crippen molar-refractivity contribution in [3.63, 3.8) is 0 Å². The van der Waals surface area contributed by atoms with Crippen LogP contribution in [-0.4, -0.2) is 39.3 Å². The third-order valence-electron chi connectivity index (χ3n) is 6.84. The van der Waals surface area contributed by atoms with Crippen molar-refractivity contribution < 1.29 is 4.79 Å². The molecule has 0 unspecified atom stereocenters. The summed E-state index contributed by atoms with van der Waals surface area (Å²) in [7, 11) is 0. The summed E-state index contributed by atoms with van der Waals surface area (Å²) in [4.78, 5) is 30.9. The second-order valence-electron chi connectivity index (χ2n) is 9.06. The van der Waals surface area contributed by atoms with Crippen molar-refractivity contribution in [1.29, 1.82) is 0 Å². The third-order valence-corrected chi connectivity index (χ3v) is 6.84. The van der Waals surface area contributed by atoms with Crippen molar-refractivity contribution in [1.82, 2.24) is 14.9 Å². The van der Waals surface area contributed by atoms with E-state index in [0.29, 0.717) is 19.0 Å². The SMILES string of the molecule is Cl.O=C1N2C[C@@H](Cc3ccccc3)N=C2c2[nH]c(C3CCCC3)nc2N1Cc1ccccc1. The molecule has 3 heterocycles. The van der Waals surface area contributed by atoms with Gasteiger partial charge >= 0.3 is 6.03 Å². The van der Waals surface area contributed by atoms with Crippen LogP contribution in [-0.2, 0) is 13.0 Å². The van der Waals surface area contributed by atoms with E-state index in [2.05, 4.69) is 41.4 Å². The van der Waals surface area contributed by atoms with Gasteiger partial charge in [0, 0.05) is 5.92 Å². The lowest BCUT2D eigenvalue weighted by Gasteiger charge is -2.32. The predicted octanol–water partition coefficient (Wildman–Crippen LogP) is 5.30. The first kappa shape index (κ1) is 21.7. The number of hydrogen-bond donors (Lipinski definition) is 1. The van der Waals surface area contributed by atoms with Crippen molar-refractivity contribution in [3.05, 3.63) is 83.3 Å². The number of fused-ring (bicyclic) bond motifs is 3. The molecule has 6 rings (SSSR count). The fourth-order valence-electron chi connectivity index (χ4n) is 5.22. The number of aromatic nitrogens is 2. The number of imidazole rings is 1. The highest BCUT2D eigenvalue weighted by atomic mass is 35.5. The molecular formula is C26H28ClN5O. The molecule has 0 bridgehead atoms. The molecule has 0 spiro atoms. The van der Waals surface area contributed by atoms with Crippen LogP contribution in [0.4, 0.5) is 10.6 Å². The summed E-state index contributed by atoms with van der Waals surface area (Å²) < 4.78 is 0. The fourth-order valence-corrected chi connectivity index (χ4v) is 5.22. The number of aromatic amines is 1. The van der Waals surface area contributed by atoms with E-state index >= 15 is 0 Å². The average molecular weight is 462 g/mol. The van der Waals surface area contributed by atoms with E-state index in [9.17, 15) is 4.79 Å². The van der Waals surface area contributed by atoms with Gasteiger partial charge in [0.25, 0.3) is 0 Å². The summed E-state index contributed by atoms with van der Waals surface area (Å²) in [5, 5.41) is 0. The first-order valence-electron chi connectivity index (χ1n) is 11.6. The molecule has 1 aliphatic carbocycles. The molecule has 1 aromatic heterocycles. The smallest absolute Gasteiger partial charge is 0.331 e. The Morgan fingerprint density at radius 1 is 0.939 bits per heavy atom. The number of benzene rings is 2. The van der Waals surface area contributed by atoms with Crippen LogP contribution in [0.15, 0.2) is 65.7 Å². The molecule has 0 saturated heterocycles. The number of amides is 2. The lowest BCUT2D eigenvalue weighted by atomic mass is 10.1. The minimum atomic E-state index is -0.0277. The molecule has 170 valence electrons. The van der Waals surface area contributed by atoms with Gasteiger partial charge in [0.15, 0.2) is 11.7 Å². The molecule has 0 radical (unpaired) electrons. The first-order chi connectivity index (χ1) is 15.8. The number of H-pyrrole nitrogens is 1. The minimum absolute atomic E-state index is 0. The summed E-state index contributed by atoms with van der Waals surface area (Å²) in [6, 6.07) is 20.6. The predicted molar refractivity (Wildman–Crippen MR) is 132 cm³/mol. The molecule has 1 N–H and O–H groups in total. The lowest BCUT2D eigenvalue weighted by Crippen LogP contribution is -2.50. The fraction of sp³-hybridized carbons (Fsp3) is 0.346. The van der Waals surface area contributed by atoms with Gasteiger partial charge in [-0.3, -0.25) is 14.8 Å². The highest BCUT2D eigenvalue weighted by Gasteiger charge is 2.43. The summed E-state index contributed by atoms with van der Waals surface area (Å²) in [5.41, 5.74) is 3.24. The molecule has 7 heteroatoms. The van der Waals surface area contributed by atoms with E-state index in [-0.39, 0.29) is 24.5 Å². The third kappa shape index (κ3) is 4.04. The Bertz CT molecular complexity index is 1150. The van der Waals surface area contributed by atoms with Crippen LogP contribution in [0.1, 0.15) is 54.2 Å². The lowest BCUT2D eigenvalue weighted by molar-refractivity contribution is 0.226. The molecule has 3 aromatic rings. The van der Waals surface area contributed by atoms with Gasteiger partial charge in [-0.1, -0.05) is 73.5 Å². The molecule has 1 atom stereocenters. The van der Waals surface area contributed by atoms with Crippen LogP contribution in [0.5, 0.6) is 0 Å². The maximum atomic E-state index is 13.6. The van der Waals surface area contributed by atoms with E-state index in [0.717, 1.165) is 48.0 Å². The summed E-state index contributed by atoms with van der Waals surface area (Å²) in [6.07, 6.45) is 5.63. The average Bonchev–Trinajstić information content (AvgIpc) is 3.57. The van der Waals surface area contributed by atoms with Crippen LogP contribution < -0.4 is 4.90 Å². The summed E-state index contributed by atoms with van der Waals surface area (Å²) >= 11 is 0. The van der Waals surface area contributed by atoms with Gasteiger partial charge in [-0.05, 0) is 30.4 Å². The Hall–Kier alpha value is -3.12. The quantitative estimate of drug-likeness (QED) is 0.560. The maximum Gasteiger partial charge on any atom is 0.331 e. The van der Waals surface area contributed by atoms with E-state index < -0.39 is 0 Å². The van der Waals surface area contributed by atoms with Crippen molar-refractivity contribution in [2.45, 2.75) is 50.6 Å². The molecule has 6 nitrogen and oxygen atoms in total. The Morgan fingerprint density at radius 2 is 1.61 bits per heavy atom. The van der Waals surface area contributed by atoms with Crippen LogP contribution in [0, 0.1) is 0 Å². The highest BCUT2D eigenvalue weighted by molar-refractivity contribution is 6.18. The number of amidine groups is 1. The maximum absolute atomic E-state index is 13.6. The zero-order valence-corrected chi connectivity index (χ0v) is 19.3. The number of aliphatic imine (C=N–C) groups is 1. The molecule has 3 aliphatic rings. The number of anilines is 1. The van der Waals surface area contributed by atoms with Gasteiger partial charge in [-0.2, -0.15) is 0 Å². The molecular weight excluding hydrogens is 434 g/mol. The van der Waals surface area contributed by atoms with Gasteiger partial charge in [-0.25, -0.2) is 9.78 Å². The Labute approximate surface area is 200 Å². The number of urea groups is 1. The van der Waals surface area contributed by atoms with Crippen molar-refractivity contribution in [3.8, 4) is 0 Å². The number of nitrogens with one attached hydrogen (secondary N) is 1. The molecule has 2 aromatic carbocycles. The van der Waals surface area contributed by atoms with Gasteiger partial charge in [0.2, 0.25) is 0 Å². The normalized spacial score (nSPS) is 19.8. The standard InChI is InChI=1S/C26H27N5O.ClH/c32-26-30(16-19-11-5-2-6-12-19)25-22(28-23(29-25)20-13-7-8-14-20)24-27-21(17-31(24)26)15-18-9-3-1-4-10-18;/h1-6,9-12,20-21H,7-8,13-17H2,(H,28,29);1H/t21-;/m1./s1. The number of carbonyl (C=O) groups is 1. The zero-order valence-electron chi connectivity index (χ0n) is 18.5. The van der Waals surface area contributed by atoms with Crippen LogP contribution in [0.3, 0.4) is 0 Å². The summed E-state index contributed by atoms with van der Waals surface area (Å²) in [6.45, 7) is 1.11. The second-order valence-corrected chi connectivity index (χ2v) is 9.06. The monoisotopic (exact) mass is 461 g/mol. The largest absolute Gasteiger partial charge is 0.337 e. The topological polar surface area (TPSA) is 64.6 Å². The van der Waals surface area contributed by atoms with Crippen molar-refractivity contribution >= 4 is 30.1 Å². The molecule has 1 fully saturated rings. The number of rotatable bonds is 5. The first-order valence-corrected chi connectivity index (χ1v) is 11.6. The van der Waals surface area contributed by atoms with Gasteiger partial charge in [0.1, 0.15) is 11.5 Å². The Balaban J connectivity index is 0.00000228. The number of nitrogens with zero attached hydrogens (tertiary/aromatic N) is 4. The zero-order chi connectivity index (χ0) is 21.5. The van der Waals surface area contributed by atoms with Crippen molar-refractivity contribution in [2.75, 3.05) is 11.4 Å². The minimum Gasteiger partial charge on any atom is -0.337 e. The van der Waals surface area contributed by atoms with E-state index in [1.165, 1.54) is 18.4 Å². The van der Waals surface area contributed by atoms with E-state index in [1.807, 2.05) is 34.1 Å². The second kappa shape index (κ2) is 9.02. The number of hydrogen-bond acceptors (Lipinski definition) is 3. The number of carbonyl (C=O) groups excluding carboxylic acids is 1. The van der Waals surface area contributed by atoms with Crippen molar-refractivity contribution in [2.24, 2.45) is 4.99 Å². The van der Waals surface area contributed by atoms with E-state index in [1.54, 1.807) is 0 Å².